The Labute approximate surface area is 183 Å². The fourth-order valence-electron chi connectivity index (χ4n) is 3.87. The number of amides is 3. The van der Waals surface area contributed by atoms with E-state index in [0.717, 1.165) is 16.0 Å². The number of thiophene rings is 1. The summed E-state index contributed by atoms with van der Waals surface area (Å²) in [6, 6.07) is 22.4. The van der Waals surface area contributed by atoms with Gasteiger partial charge in [-0.25, -0.2) is 9.78 Å². The van der Waals surface area contributed by atoms with E-state index in [0.29, 0.717) is 18.0 Å². The first kappa shape index (κ1) is 19.3. The van der Waals surface area contributed by atoms with Crippen molar-refractivity contribution in [2.24, 2.45) is 0 Å². The maximum absolute atomic E-state index is 13.7. The highest BCUT2D eigenvalue weighted by Gasteiger charge is 2.52. The number of hydrogen-bond donors (Lipinski definition) is 1. The van der Waals surface area contributed by atoms with Crippen LogP contribution in [0.15, 0.2) is 88.9 Å². The molecule has 1 saturated heterocycles. The van der Waals surface area contributed by atoms with Crippen molar-refractivity contribution < 1.29 is 14.0 Å². The lowest BCUT2D eigenvalue weighted by Gasteiger charge is -2.27. The molecule has 1 aliphatic heterocycles. The Kier molecular flexibility index (Phi) is 4.88. The molecule has 4 aromatic rings. The number of hydrogen-bond acceptors (Lipinski definition) is 5. The summed E-state index contributed by atoms with van der Waals surface area (Å²) in [5, 5.41) is 4.91. The second kappa shape index (κ2) is 7.85. The maximum atomic E-state index is 13.7. The van der Waals surface area contributed by atoms with E-state index in [1.807, 2.05) is 78.2 Å². The zero-order valence-corrected chi connectivity index (χ0v) is 17.3. The van der Waals surface area contributed by atoms with E-state index in [4.69, 9.17) is 4.42 Å². The molecule has 1 atom stereocenters. The molecule has 154 valence electrons. The minimum Gasteiger partial charge on any atom is -0.443 e. The van der Waals surface area contributed by atoms with Crippen LogP contribution in [0.1, 0.15) is 16.8 Å². The predicted octanol–water partition coefficient (Wildman–Crippen LogP) is 4.59. The molecule has 0 aliphatic carbocycles. The molecule has 0 bridgehead atoms. The molecule has 6 nitrogen and oxygen atoms in total. The molecular formula is C24H19N3O3S. The van der Waals surface area contributed by atoms with Gasteiger partial charge in [-0.05, 0) is 22.6 Å². The fourth-order valence-corrected chi connectivity index (χ4v) is 4.52. The number of carbonyl (C=O) groups is 2. The summed E-state index contributed by atoms with van der Waals surface area (Å²) >= 11 is 1.52. The van der Waals surface area contributed by atoms with Gasteiger partial charge in [-0.15, -0.1) is 11.3 Å². The van der Waals surface area contributed by atoms with Gasteiger partial charge in [0.2, 0.25) is 5.89 Å². The minimum atomic E-state index is -1.17. The van der Waals surface area contributed by atoms with E-state index in [1.54, 1.807) is 0 Å². The number of benzene rings is 2. The van der Waals surface area contributed by atoms with Crippen molar-refractivity contribution in [1.29, 1.82) is 0 Å². The largest absolute Gasteiger partial charge is 0.443 e. The maximum Gasteiger partial charge on any atom is 0.325 e. The average Bonchev–Trinajstić information content (AvgIpc) is 3.53. The lowest BCUT2D eigenvalue weighted by atomic mass is 9.83. The van der Waals surface area contributed by atoms with E-state index in [-0.39, 0.29) is 12.5 Å². The number of imide groups is 1. The van der Waals surface area contributed by atoms with E-state index >= 15 is 0 Å². The van der Waals surface area contributed by atoms with Crippen LogP contribution in [0.3, 0.4) is 0 Å². The highest BCUT2D eigenvalue weighted by molar-refractivity contribution is 7.13. The molecule has 0 radical (unpaired) electrons. The van der Waals surface area contributed by atoms with Gasteiger partial charge in [0.25, 0.3) is 5.91 Å². The summed E-state index contributed by atoms with van der Waals surface area (Å²) in [4.78, 5) is 33.2. The molecule has 3 heterocycles. The van der Waals surface area contributed by atoms with Crippen molar-refractivity contribution in [3.8, 4) is 10.8 Å². The smallest absolute Gasteiger partial charge is 0.325 e. The van der Waals surface area contributed by atoms with Crippen molar-refractivity contribution >= 4 is 23.3 Å². The Bertz CT molecular complexity index is 1210. The van der Waals surface area contributed by atoms with E-state index in [1.165, 1.54) is 22.5 Å². The summed E-state index contributed by atoms with van der Waals surface area (Å²) in [5.74, 6) is 0.184. The Morgan fingerprint density at radius 2 is 1.71 bits per heavy atom. The van der Waals surface area contributed by atoms with Crippen molar-refractivity contribution in [2.75, 3.05) is 0 Å². The second-order valence-electron chi connectivity index (χ2n) is 7.38. The first-order valence-corrected chi connectivity index (χ1v) is 10.8. The number of nitrogens with one attached hydrogen (secondary N) is 1. The molecule has 31 heavy (non-hydrogen) atoms. The van der Waals surface area contributed by atoms with Gasteiger partial charge in [0.05, 0.1) is 17.1 Å². The number of nitrogens with zero attached hydrogens (tertiary/aromatic N) is 2. The molecular weight excluding hydrogens is 410 g/mol. The molecule has 5 rings (SSSR count). The van der Waals surface area contributed by atoms with Crippen molar-refractivity contribution in [1.82, 2.24) is 15.2 Å². The lowest BCUT2D eigenvalue weighted by molar-refractivity contribution is -0.132. The van der Waals surface area contributed by atoms with Gasteiger partial charge < -0.3 is 9.73 Å². The number of aromatic nitrogens is 1. The average molecular weight is 430 g/mol. The summed E-state index contributed by atoms with van der Waals surface area (Å²) in [6.45, 7) is 0.0446. The topological polar surface area (TPSA) is 75.4 Å². The van der Waals surface area contributed by atoms with Crippen LogP contribution < -0.4 is 5.32 Å². The van der Waals surface area contributed by atoms with Gasteiger partial charge in [0.1, 0.15) is 6.26 Å². The van der Waals surface area contributed by atoms with Crippen LogP contribution in [0, 0.1) is 0 Å². The van der Waals surface area contributed by atoms with E-state index < -0.39 is 11.6 Å². The Morgan fingerprint density at radius 1 is 0.968 bits per heavy atom. The van der Waals surface area contributed by atoms with Gasteiger partial charge in [-0.2, -0.15) is 0 Å². The fraction of sp³-hybridized carbons (Fsp3) is 0.125. The van der Waals surface area contributed by atoms with Gasteiger partial charge >= 0.3 is 6.03 Å². The number of rotatable bonds is 6. The molecule has 1 aliphatic rings. The van der Waals surface area contributed by atoms with Crippen molar-refractivity contribution in [3.63, 3.8) is 0 Å². The Balaban J connectivity index is 1.47. The summed E-state index contributed by atoms with van der Waals surface area (Å²) in [7, 11) is 0. The van der Waals surface area contributed by atoms with Crippen LogP contribution in [0.2, 0.25) is 0 Å². The second-order valence-corrected chi connectivity index (χ2v) is 8.32. The Morgan fingerprint density at radius 3 is 2.42 bits per heavy atom. The van der Waals surface area contributed by atoms with Crippen LogP contribution in [-0.2, 0) is 23.3 Å². The van der Waals surface area contributed by atoms with Crippen LogP contribution >= 0.6 is 11.3 Å². The molecule has 0 spiro atoms. The van der Waals surface area contributed by atoms with Crippen molar-refractivity contribution in [3.05, 3.63) is 101 Å². The molecule has 1 fully saturated rings. The number of urea groups is 1. The molecule has 1 unspecified atom stereocenters. The summed E-state index contributed by atoms with van der Waals surface area (Å²) < 4.78 is 5.55. The highest BCUT2D eigenvalue weighted by atomic mass is 32.1. The van der Waals surface area contributed by atoms with Crippen LogP contribution in [0.5, 0.6) is 0 Å². The molecule has 7 heteroatoms. The summed E-state index contributed by atoms with van der Waals surface area (Å²) in [5.41, 5.74) is 1.07. The first-order valence-electron chi connectivity index (χ1n) is 9.87. The van der Waals surface area contributed by atoms with E-state index in [2.05, 4.69) is 10.3 Å². The first-order chi connectivity index (χ1) is 15.2. The monoisotopic (exact) mass is 429 g/mol. The van der Waals surface area contributed by atoms with Gasteiger partial charge in [0, 0.05) is 6.42 Å². The standard InChI is InChI=1S/C24H19N3O3S/c28-22-24(18-10-5-2-6-11-18,14-17-8-3-1-4-9-17)26-23(29)27(22)15-19-16-30-21(25-19)20-12-7-13-31-20/h1-13,16H,14-15H2,(H,26,29). The van der Waals surface area contributed by atoms with Crippen LogP contribution in [-0.4, -0.2) is 21.8 Å². The SMILES string of the molecule is O=C1NC(Cc2ccccc2)(c2ccccc2)C(=O)N1Cc1coc(-c2cccs2)n1. The number of oxazole rings is 1. The van der Waals surface area contributed by atoms with Gasteiger partial charge in [-0.1, -0.05) is 66.7 Å². The Hall–Kier alpha value is -3.71. The molecule has 1 N–H and O–H groups in total. The quantitative estimate of drug-likeness (QED) is 0.455. The molecule has 2 aromatic carbocycles. The zero-order chi connectivity index (χ0) is 21.3. The third-order valence-electron chi connectivity index (χ3n) is 5.36. The molecule has 0 saturated carbocycles. The molecule has 2 aromatic heterocycles. The number of carbonyl (C=O) groups excluding carboxylic acids is 2. The predicted molar refractivity (Wildman–Crippen MR) is 117 cm³/mol. The summed E-state index contributed by atoms with van der Waals surface area (Å²) in [6.07, 6.45) is 1.85. The van der Waals surface area contributed by atoms with Crippen molar-refractivity contribution in [2.45, 2.75) is 18.5 Å². The molecule has 3 amide bonds. The van der Waals surface area contributed by atoms with Gasteiger partial charge in [-0.3, -0.25) is 9.69 Å². The van der Waals surface area contributed by atoms with Crippen LogP contribution in [0.25, 0.3) is 10.8 Å². The highest BCUT2D eigenvalue weighted by Crippen LogP contribution is 2.34. The van der Waals surface area contributed by atoms with Gasteiger partial charge in [0.15, 0.2) is 5.54 Å². The third kappa shape index (κ3) is 3.53. The normalized spacial score (nSPS) is 18.4. The minimum absolute atomic E-state index is 0.0446. The van der Waals surface area contributed by atoms with Crippen LogP contribution in [0.4, 0.5) is 4.79 Å². The van der Waals surface area contributed by atoms with E-state index in [9.17, 15) is 9.59 Å². The zero-order valence-electron chi connectivity index (χ0n) is 16.5. The third-order valence-corrected chi connectivity index (χ3v) is 6.22. The lowest BCUT2D eigenvalue weighted by Crippen LogP contribution is -2.46.